The smallest absolute Gasteiger partial charge is 0.0824 e. The van der Waals surface area contributed by atoms with Crippen LogP contribution in [-0.2, 0) is 11.3 Å². The Morgan fingerprint density at radius 1 is 1.38 bits per heavy atom. The molecule has 0 saturated carbocycles. The molecule has 0 aliphatic carbocycles. The van der Waals surface area contributed by atoms with Crippen LogP contribution < -0.4 is 5.73 Å². The average Bonchev–Trinajstić information content (AvgIpc) is 2.32. The van der Waals surface area contributed by atoms with Crippen molar-refractivity contribution in [1.82, 2.24) is 4.90 Å². The van der Waals surface area contributed by atoms with E-state index in [2.05, 4.69) is 45.1 Å². The molecule has 2 N–H and O–H groups in total. The first-order chi connectivity index (χ1) is 7.78. The Morgan fingerprint density at radius 2 is 2.12 bits per heavy atom. The lowest BCUT2D eigenvalue weighted by atomic mass is 10.2. The standard InChI is InChI=1S/C12H17BrN2O/c13-11-3-1-10(2-4-11)8-15-5-6-16-12(7-14)9-15/h1-4,12H,5-9,14H2. The molecule has 1 aliphatic heterocycles. The molecule has 1 heterocycles. The minimum atomic E-state index is 0.198. The highest BCUT2D eigenvalue weighted by Gasteiger charge is 2.18. The summed E-state index contributed by atoms with van der Waals surface area (Å²) in [5, 5.41) is 0. The average molecular weight is 285 g/mol. The summed E-state index contributed by atoms with van der Waals surface area (Å²) in [4.78, 5) is 2.39. The molecule has 0 radical (unpaired) electrons. The molecular weight excluding hydrogens is 268 g/mol. The van der Waals surface area contributed by atoms with Gasteiger partial charge in [-0.25, -0.2) is 0 Å². The number of rotatable bonds is 3. The molecule has 4 heteroatoms. The van der Waals surface area contributed by atoms with E-state index in [1.165, 1.54) is 5.56 Å². The molecule has 1 unspecified atom stereocenters. The third kappa shape index (κ3) is 3.28. The van der Waals surface area contributed by atoms with Gasteiger partial charge in [-0.1, -0.05) is 28.1 Å². The van der Waals surface area contributed by atoms with Crippen molar-refractivity contribution in [3.8, 4) is 0 Å². The summed E-state index contributed by atoms with van der Waals surface area (Å²) in [5.41, 5.74) is 6.95. The monoisotopic (exact) mass is 284 g/mol. The van der Waals surface area contributed by atoms with Gasteiger partial charge in [-0.2, -0.15) is 0 Å². The summed E-state index contributed by atoms with van der Waals surface area (Å²) in [7, 11) is 0. The normalized spacial score (nSPS) is 22.2. The van der Waals surface area contributed by atoms with Crippen molar-refractivity contribution >= 4 is 15.9 Å². The minimum absolute atomic E-state index is 0.198. The molecule has 88 valence electrons. The fourth-order valence-electron chi connectivity index (χ4n) is 1.91. The molecule has 0 amide bonds. The highest BCUT2D eigenvalue weighted by Crippen LogP contribution is 2.14. The summed E-state index contributed by atoms with van der Waals surface area (Å²) in [6.45, 7) is 4.31. The summed E-state index contributed by atoms with van der Waals surface area (Å²) in [6, 6.07) is 8.46. The summed E-state index contributed by atoms with van der Waals surface area (Å²) in [5.74, 6) is 0. The van der Waals surface area contributed by atoms with E-state index in [0.29, 0.717) is 6.54 Å². The number of halogens is 1. The van der Waals surface area contributed by atoms with Gasteiger partial charge in [-0.3, -0.25) is 4.90 Å². The van der Waals surface area contributed by atoms with Gasteiger partial charge in [0.25, 0.3) is 0 Å². The zero-order valence-corrected chi connectivity index (χ0v) is 10.8. The fraction of sp³-hybridized carbons (Fsp3) is 0.500. The highest BCUT2D eigenvalue weighted by atomic mass is 79.9. The number of nitrogens with two attached hydrogens (primary N) is 1. The lowest BCUT2D eigenvalue weighted by molar-refractivity contribution is -0.0260. The molecule has 1 fully saturated rings. The fourth-order valence-corrected chi connectivity index (χ4v) is 2.18. The topological polar surface area (TPSA) is 38.5 Å². The molecule has 2 rings (SSSR count). The van der Waals surface area contributed by atoms with Crippen LogP contribution in [0.4, 0.5) is 0 Å². The van der Waals surface area contributed by atoms with Crippen LogP contribution in [0.2, 0.25) is 0 Å². The van der Waals surface area contributed by atoms with Crippen molar-refractivity contribution < 1.29 is 4.74 Å². The van der Waals surface area contributed by atoms with Gasteiger partial charge in [0.1, 0.15) is 0 Å². The summed E-state index contributed by atoms with van der Waals surface area (Å²) < 4.78 is 6.66. The Bertz CT molecular complexity index is 328. The van der Waals surface area contributed by atoms with E-state index >= 15 is 0 Å². The van der Waals surface area contributed by atoms with Crippen molar-refractivity contribution in [3.05, 3.63) is 34.3 Å². The molecule has 0 spiro atoms. The molecule has 16 heavy (non-hydrogen) atoms. The zero-order valence-electron chi connectivity index (χ0n) is 9.23. The van der Waals surface area contributed by atoms with E-state index in [-0.39, 0.29) is 6.10 Å². The van der Waals surface area contributed by atoms with Gasteiger partial charge in [-0.05, 0) is 17.7 Å². The van der Waals surface area contributed by atoms with E-state index < -0.39 is 0 Å². The second-order valence-electron chi connectivity index (χ2n) is 4.09. The largest absolute Gasteiger partial charge is 0.374 e. The number of hydrogen-bond acceptors (Lipinski definition) is 3. The van der Waals surface area contributed by atoms with Crippen LogP contribution in [0.25, 0.3) is 0 Å². The van der Waals surface area contributed by atoms with E-state index in [1.807, 2.05) is 0 Å². The number of ether oxygens (including phenoxy) is 1. The molecular formula is C12H17BrN2O. The Morgan fingerprint density at radius 3 is 2.81 bits per heavy atom. The van der Waals surface area contributed by atoms with Crippen molar-refractivity contribution in [2.24, 2.45) is 5.73 Å². The van der Waals surface area contributed by atoms with Crippen molar-refractivity contribution in [3.63, 3.8) is 0 Å². The van der Waals surface area contributed by atoms with Crippen molar-refractivity contribution in [2.75, 3.05) is 26.2 Å². The molecule has 1 saturated heterocycles. The lowest BCUT2D eigenvalue weighted by Gasteiger charge is -2.32. The van der Waals surface area contributed by atoms with Gasteiger partial charge in [0.05, 0.1) is 12.7 Å². The van der Waals surface area contributed by atoms with Crippen LogP contribution in [0.15, 0.2) is 28.7 Å². The Kier molecular flexibility index (Phi) is 4.35. The maximum atomic E-state index is 5.62. The Labute approximate surface area is 105 Å². The van der Waals surface area contributed by atoms with Crippen LogP contribution in [-0.4, -0.2) is 37.2 Å². The lowest BCUT2D eigenvalue weighted by Crippen LogP contribution is -2.45. The maximum absolute atomic E-state index is 5.62. The zero-order chi connectivity index (χ0) is 11.4. The second kappa shape index (κ2) is 5.77. The molecule has 1 aromatic carbocycles. The van der Waals surface area contributed by atoms with Gasteiger partial charge in [-0.15, -0.1) is 0 Å². The first-order valence-corrected chi connectivity index (χ1v) is 6.35. The van der Waals surface area contributed by atoms with Crippen molar-refractivity contribution in [2.45, 2.75) is 12.6 Å². The van der Waals surface area contributed by atoms with Gasteiger partial charge in [0.15, 0.2) is 0 Å². The Balaban J connectivity index is 1.91. The van der Waals surface area contributed by atoms with Crippen LogP contribution in [0.5, 0.6) is 0 Å². The predicted octanol–water partition coefficient (Wildman–Crippen LogP) is 1.61. The third-order valence-corrected chi connectivity index (χ3v) is 3.33. The van der Waals surface area contributed by atoms with Gasteiger partial charge < -0.3 is 10.5 Å². The highest BCUT2D eigenvalue weighted by molar-refractivity contribution is 9.10. The van der Waals surface area contributed by atoms with E-state index in [0.717, 1.165) is 30.7 Å². The third-order valence-electron chi connectivity index (χ3n) is 2.81. The molecule has 1 aromatic rings. The second-order valence-corrected chi connectivity index (χ2v) is 5.01. The van der Waals surface area contributed by atoms with Gasteiger partial charge in [0, 0.05) is 30.7 Å². The predicted molar refractivity (Wildman–Crippen MR) is 68.2 cm³/mol. The maximum Gasteiger partial charge on any atom is 0.0824 e. The van der Waals surface area contributed by atoms with Gasteiger partial charge >= 0.3 is 0 Å². The van der Waals surface area contributed by atoms with Gasteiger partial charge in [0.2, 0.25) is 0 Å². The molecule has 1 aliphatic rings. The van der Waals surface area contributed by atoms with Crippen LogP contribution >= 0.6 is 15.9 Å². The molecule has 3 nitrogen and oxygen atoms in total. The first-order valence-electron chi connectivity index (χ1n) is 5.56. The van der Waals surface area contributed by atoms with E-state index in [1.54, 1.807) is 0 Å². The number of hydrogen-bond donors (Lipinski definition) is 1. The van der Waals surface area contributed by atoms with E-state index in [9.17, 15) is 0 Å². The van der Waals surface area contributed by atoms with E-state index in [4.69, 9.17) is 10.5 Å². The summed E-state index contributed by atoms with van der Waals surface area (Å²) >= 11 is 3.44. The molecule has 0 bridgehead atoms. The van der Waals surface area contributed by atoms with Crippen molar-refractivity contribution in [1.29, 1.82) is 0 Å². The SMILES string of the molecule is NCC1CN(Cc2ccc(Br)cc2)CCO1. The minimum Gasteiger partial charge on any atom is -0.374 e. The molecule has 0 aromatic heterocycles. The van der Waals surface area contributed by atoms with Crippen LogP contribution in [0.3, 0.4) is 0 Å². The van der Waals surface area contributed by atoms with Crippen LogP contribution in [0, 0.1) is 0 Å². The molecule has 1 atom stereocenters. The first kappa shape index (κ1) is 12.0. The summed E-state index contributed by atoms with van der Waals surface area (Å²) in [6.07, 6.45) is 0.198. The van der Waals surface area contributed by atoms with Crippen LogP contribution in [0.1, 0.15) is 5.56 Å². The number of benzene rings is 1. The quantitative estimate of drug-likeness (QED) is 0.917. The number of morpholine rings is 1. The Hall–Kier alpha value is -0.420. The number of nitrogens with zero attached hydrogens (tertiary/aromatic N) is 1.